The number of benzene rings is 2. The molecule has 1 aliphatic heterocycles. The van der Waals surface area contributed by atoms with E-state index in [4.69, 9.17) is 9.15 Å². The maximum absolute atomic E-state index is 12.8. The maximum atomic E-state index is 12.8. The number of rotatable bonds is 3. The number of phenolic OH excluding ortho intramolecular Hbond substituents is 4. The molecule has 32 heavy (non-hydrogen) atoms. The minimum atomic E-state index is -1.88. The molecule has 0 amide bonds. The van der Waals surface area contributed by atoms with Gasteiger partial charge in [-0.05, 0) is 24.3 Å². The molecule has 5 atom stereocenters. The third kappa shape index (κ3) is 3.32. The average molecular weight is 448 g/mol. The van der Waals surface area contributed by atoms with Crippen molar-refractivity contribution in [2.45, 2.75) is 30.5 Å². The van der Waals surface area contributed by atoms with Crippen LogP contribution in [0.2, 0.25) is 0 Å². The van der Waals surface area contributed by atoms with Gasteiger partial charge in [-0.3, -0.25) is 4.79 Å². The molecule has 0 spiro atoms. The number of aliphatic hydroxyl groups is 4. The summed E-state index contributed by atoms with van der Waals surface area (Å²) >= 11 is 0. The summed E-state index contributed by atoms with van der Waals surface area (Å²) in [6.45, 7) is -0.763. The van der Waals surface area contributed by atoms with Crippen LogP contribution in [0.15, 0.2) is 39.5 Å². The van der Waals surface area contributed by atoms with Crippen molar-refractivity contribution in [3.05, 3.63) is 46.1 Å². The van der Waals surface area contributed by atoms with Crippen molar-refractivity contribution in [2.75, 3.05) is 6.61 Å². The van der Waals surface area contributed by atoms with Crippen molar-refractivity contribution in [1.29, 1.82) is 0 Å². The van der Waals surface area contributed by atoms with Crippen molar-refractivity contribution in [3.63, 3.8) is 0 Å². The minimum Gasteiger partial charge on any atom is -0.508 e. The van der Waals surface area contributed by atoms with Gasteiger partial charge >= 0.3 is 0 Å². The van der Waals surface area contributed by atoms with Crippen molar-refractivity contribution in [3.8, 4) is 34.3 Å². The third-order valence-electron chi connectivity index (χ3n) is 5.46. The highest BCUT2D eigenvalue weighted by molar-refractivity contribution is 5.93. The highest BCUT2D eigenvalue weighted by Crippen LogP contribution is 2.49. The number of aliphatic hydroxyl groups excluding tert-OH is 4. The zero-order valence-corrected chi connectivity index (χ0v) is 16.3. The molecule has 3 aromatic rings. The Kier molecular flexibility index (Phi) is 5.44. The summed E-state index contributed by atoms with van der Waals surface area (Å²) in [5.74, 6) is -2.88. The second-order valence-electron chi connectivity index (χ2n) is 7.43. The van der Waals surface area contributed by atoms with Crippen molar-refractivity contribution in [2.24, 2.45) is 0 Å². The molecular formula is C21H20O11. The van der Waals surface area contributed by atoms with Crippen molar-refractivity contribution < 1.29 is 50.0 Å². The van der Waals surface area contributed by atoms with Crippen LogP contribution in [0.5, 0.6) is 23.0 Å². The summed E-state index contributed by atoms with van der Waals surface area (Å²) in [5, 5.41) is 80.4. The van der Waals surface area contributed by atoms with Crippen LogP contribution in [-0.2, 0) is 4.74 Å². The van der Waals surface area contributed by atoms with E-state index in [0.717, 1.165) is 6.07 Å². The van der Waals surface area contributed by atoms with Crippen molar-refractivity contribution >= 4 is 11.0 Å². The predicted molar refractivity (Wildman–Crippen MR) is 107 cm³/mol. The summed E-state index contributed by atoms with van der Waals surface area (Å²) in [4.78, 5) is 12.8. The van der Waals surface area contributed by atoms with Crippen LogP contribution in [-0.4, -0.2) is 71.9 Å². The summed E-state index contributed by atoms with van der Waals surface area (Å²) < 4.78 is 10.9. The van der Waals surface area contributed by atoms with Crippen LogP contribution in [0.1, 0.15) is 11.7 Å². The third-order valence-corrected chi connectivity index (χ3v) is 5.46. The number of fused-ring (bicyclic) bond motifs is 1. The lowest BCUT2D eigenvalue weighted by molar-refractivity contribution is -0.232. The van der Waals surface area contributed by atoms with Gasteiger partial charge in [-0.25, -0.2) is 0 Å². The van der Waals surface area contributed by atoms with Gasteiger partial charge in [-0.15, -0.1) is 0 Å². The Hall–Kier alpha value is -3.35. The van der Waals surface area contributed by atoms with Gasteiger partial charge in [0.05, 0.1) is 12.2 Å². The van der Waals surface area contributed by atoms with E-state index in [-0.39, 0.29) is 11.5 Å². The minimum absolute atomic E-state index is 0.0285. The fourth-order valence-electron chi connectivity index (χ4n) is 3.74. The van der Waals surface area contributed by atoms with Crippen LogP contribution >= 0.6 is 0 Å². The van der Waals surface area contributed by atoms with Gasteiger partial charge in [-0.1, -0.05) is 0 Å². The second kappa shape index (κ2) is 7.97. The number of aromatic hydroxyl groups is 4. The number of hydrogen-bond donors (Lipinski definition) is 8. The predicted octanol–water partition coefficient (Wildman–Crippen LogP) is -0.203. The Labute approximate surface area is 179 Å². The van der Waals surface area contributed by atoms with Gasteiger partial charge in [0, 0.05) is 11.6 Å². The molecule has 1 aliphatic rings. The van der Waals surface area contributed by atoms with Crippen molar-refractivity contribution in [1.82, 2.24) is 0 Å². The average Bonchev–Trinajstić information content (AvgIpc) is 2.77. The standard InChI is InChI=1S/C21H20O11/c22-6-11-14(25)17(28)19(30)21(32-11)13-15(26)12-9(24)5-10(7-1-3-8(23)4-2-7)31-20(12)18(29)16(13)27/h1-5,11,14,17,19,21-23,25-30H,6H2/t11-,14-,17-,19-,21+/m1/s1. The molecule has 0 unspecified atom stereocenters. The van der Waals surface area contributed by atoms with E-state index in [1.54, 1.807) is 0 Å². The van der Waals surface area contributed by atoms with E-state index < -0.39 is 76.3 Å². The lowest BCUT2D eigenvalue weighted by Crippen LogP contribution is -2.55. The Morgan fingerprint density at radius 2 is 1.50 bits per heavy atom. The lowest BCUT2D eigenvalue weighted by atomic mass is 9.89. The van der Waals surface area contributed by atoms with E-state index in [1.807, 2.05) is 0 Å². The Balaban J connectivity index is 1.91. The molecule has 0 bridgehead atoms. The molecule has 8 N–H and O–H groups in total. The van der Waals surface area contributed by atoms with Crippen LogP contribution in [0.3, 0.4) is 0 Å². The Bertz CT molecular complexity index is 1220. The van der Waals surface area contributed by atoms with Crippen LogP contribution in [0.25, 0.3) is 22.3 Å². The summed E-state index contributed by atoms with van der Waals surface area (Å²) in [7, 11) is 0. The normalized spacial score (nSPS) is 25.8. The molecule has 1 saturated heterocycles. The highest BCUT2D eigenvalue weighted by atomic mass is 16.5. The topological polar surface area (TPSA) is 201 Å². The zero-order valence-electron chi connectivity index (χ0n) is 16.3. The summed E-state index contributed by atoms with van der Waals surface area (Å²) in [6, 6.07) is 6.59. The molecule has 0 radical (unpaired) electrons. The second-order valence-corrected chi connectivity index (χ2v) is 7.43. The molecule has 0 saturated carbocycles. The zero-order chi connectivity index (χ0) is 23.3. The first-order valence-electron chi connectivity index (χ1n) is 9.50. The molecule has 2 aromatic carbocycles. The van der Waals surface area contributed by atoms with Gasteiger partial charge < -0.3 is 50.0 Å². The quantitative estimate of drug-likeness (QED) is 0.195. The Morgan fingerprint density at radius 1 is 0.844 bits per heavy atom. The number of hydrogen-bond acceptors (Lipinski definition) is 11. The largest absolute Gasteiger partial charge is 0.508 e. The smallest absolute Gasteiger partial charge is 0.202 e. The van der Waals surface area contributed by atoms with E-state index in [2.05, 4.69) is 0 Å². The first-order valence-corrected chi connectivity index (χ1v) is 9.50. The van der Waals surface area contributed by atoms with Gasteiger partial charge in [0.25, 0.3) is 0 Å². The lowest BCUT2D eigenvalue weighted by Gasteiger charge is -2.40. The van der Waals surface area contributed by atoms with Gasteiger partial charge in [0.1, 0.15) is 53.2 Å². The molecule has 1 fully saturated rings. The maximum Gasteiger partial charge on any atom is 0.202 e. The molecule has 11 nitrogen and oxygen atoms in total. The van der Waals surface area contributed by atoms with E-state index in [0.29, 0.717) is 5.56 Å². The van der Waals surface area contributed by atoms with Crippen LogP contribution in [0.4, 0.5) is 0 Å². The van der Waals surface area contributed by atoms with E-state index in [9.17, 15) is 45.6 Å². The van der Waals surface area contributed by atoms with Gasteiger partial charge in [-0.2, -0.15) is 0 Å². The van der Waals surface area contributed by atoms with Gasteiger partial charge in [0.2, 0.25) is 5.75 Å². The summed E-state index contributed by atoms with van der Waals surface area (Å²) in [5.41, 5.74) is -1.63. The highest BCUT2D eigenvalue weighted by Gasteiger charge is 2.46. The first-order chi connectivity index (χ1) is 15.1. The monoisotopic (exact) mass is 448 g/mol. The fraction of sp³-hybridized carbons (Fsp3) is 0.286. The van der Waals surface area contributed by atoms with E-state index >= 15 is 0 Å². The summed E-state index contributed by atoms with van der Waals surface area (Å²) in [6.07, 6.45) is -8.47. The first kappa shape index (κ1) is 21.9. The fourth-order valence-corrected chi connectivity index (χ4v) is 3.74. The SMILES string of the molecule is O=c1cc(-c2ccc(O)cc2)oc2c(O)c(O)c([C@@H]3O[C@H](CO)[C@@H](O)[C@@H](O)[C@H]3O)c(O)c12. The van der Waals surface area contributed by atoms with E-state index in [1.165, 1.54) is 24.3 Å². The number of ether oxygens (including phenoxy) is 1. The molecule has 2 heterocycles. The van der Waals surface area contributed by atoms with Gasteiger partial charge in [0.15, 0.2) is 16.8 Å². The Morgan fingerprint density at radius 3 is 2.12 bits per heavy atom. The molecule has 4 rings (SSSR count). The van der Waals surface area contributed by atoms with Crippen LogP contribution < -0.4 is 5.43 Å². The molecule has 1 aromatic heterocycles. The molecular weight excluding hydrogens is 428 g/mol. The van der Waals surface area contributed by atoms with Crippen LogP contribution in [0, 0.1) is 0 Å². The number of phenols is 4. The molecule has 11 heteroatoms. The molecule has 170 valence electrons. The molecule has 0 aliphatic carbocycles.